The van der Waals surface area contributed by atoms with Crippen molar-refractivity contribution in [2.75, 3.05) is 7.05 Å². The average molecular weight is 361 g/mol. The van der Waals surface area contributed by atoms with Gasteiger partial charge in [-0.15, -0.1) is 11.3 Å². The number of hydrogen-bond acceptors (Lipinski definition) is 4. The number of aromatic nitrogens is 1. The van der Waals surface area contributed by atoms with E-state index in [0.29, 0.717) is 4.21 Å². The van der Waals surface area contributed by atoms with E-state index in [9.17, 15) is 8.42 Å². The molecule has 0 radical (unpaired) electrons. The normalized spacial score (nSPS) is 12.0. The lowest BCUT2D eigenvalue weighted by Crippen LogP contribution is -2.26. The standard InChI is InChI=1S/C12H13BrN2O2S2/c1-9-7-11(18-12(9)13)19(16,17)15(2)8-10-5-3-4-6-14-10/h3-7H,8H2,1-2H3. The zero-order valence-electron chi connectivity index (χ0n) is 10.5. The van der Waals surface area contributed by atoms with Gasteiger partial charge in [-0.3, -0.25) is 4.98 Å². The second-order valence-corrected chi connectivity index (χ2v) is 8.75. The van der Waals surface area contributed by atoms with Gasteiger partial charge in [-0.05, 0) is 46.6 Å². The lowest BCUT2D eigenvalue weighted by atomic mass is 10.3. The van der Waals surface area contributed by atoms with E-state index in [1.807, 2.05) is 19.1 Å². The number of hydrogen-bond donors (Lipinski definition) is 0. The minimum atomic E-state index is -3.46. The SMILES string of the molecule is Cc1cc(S(=O)(=O)N(C)Cc2ccccn2)sc1Br. The molecule has 0 aliphatic rings. The first kappa shape index (κ1) is 14.6. The zero-order valence-corrected chi connectivity index (χ0v) is 13.7. The van der Waals surface area contributed by atoms with Crippen LogP contribution in [-0.4, -0.2) is 24.8 Å². The molecule has 0 N–H and O–H groups in total. The van der Waals surface area contributed by atoms with Gasteiger partial charge < -0.3 is 0 Å². The minimum absolute atomic E-state index is 0.262. The van der Waals surface area contributed by atoms with E-state index in [1.54, 1.807) is 25.4 Å². The first-order valence-corrected chi connectivity index (χ1v) is 8.58. The summed E-state index contributed by atoms with van der Waals surface area (Å²) in [5.74, 6) is 0. The smallest absolute Gasteiger partial charge is 0.252 e. The highest BCUT2D eigenvalue weighted by Crippen LogP contribution is 2.32. The third-order valence-electron chi connectivity index (χ3n) is 2.61. The summed E-state index contributed by atoms with van der Waals surface area (Å²) in [5, 5.41) is 0. The fraction of sp³-hybridized carbons (Fsp3) is 0.250. The molecule has 102 valence electrons. The molecule has 0 aromatic carbocycles. The molecule has 0 saturated heterocycles. The van der Waals surface area contributed by atoms with Crippen LogP contribution in [0.5, 0.6) is 0 Å². The van der Waals surface area contributed by atoms with Gasteiger partial charge in [0.15, 0.2) is 0 Å². The molecule has 0 fully saturated rings. The predicted octanol–water partition coefficient (Wildman–Crippen LogP) is 3.03. The van der Waals surface area contributed by atoms with Gasteiger partial charge in [-0.2, -0.15) is 4.31 Å². The summed E-state index contributed by atoms with van der Waals surface area (Å²) < 4.78 is 27.3. The summed E-state index contributed by atoms with van der Waals surface area (Å²) in [7, 11) is -1.89. The highest BCUT2D eigenvalue weighted by molar-refractivity contribution is 9.11. The van der Waals surface area contributed by atoms with Crippen molar-refractivity contribution in [3.8, 4) is 0 Å². The van der Waals surface area contributed by atoms with Crippen LogP contribution in [0.1, 0.15) is 11.3 Å². The summed E-state index contributed by atoms with van der Waals surface area (Å²) >= 11 is 4.57. The number of sulfonamides is 1. The first-order valence-electron chi connectivity index (χ1n) is 5.53. The highest BCUT2D eigenvalue weighted by Gasteiger charge is 2.24. The maximum atomic E-state index is 12.4. The van der Waals surface area contributed by atoms with Crippen molar-refractivity contribution in [3.63, 3.8) is 0 Å². The number of thiophene rings is 1. The van der Waals surface area contributed by atoms with Crippen LogP contribution in [-0.2, 0) is 16.6 Å². The van der Waals surface area contributed by atoms with E-state index in [2.05, 4.69) is 20.9 Å². The zero-order chi connectivity index (χ0) is 14.0. The summed E-state index contributed by atoms with van der Waals surface area (Å²) in [5.41, 5.74) is 1.65. The molecule has 0 aliphatic carbocycles. The second kappa shape index (κ2) is 5.70. The highest BCUT2D eigenvalue weighted by atomic mass is 79.9. The van der Waals surface area contributed by atoms with Crippen LogP contribution in [0.25, 0.3) is 0 Å². The van der Waals surface area contributed by atoms with Crippen LogP contribution in [0.2, 0.25) is 0 Å². The molecule has 2 aromatic heterocycles. The maximum absolute atomic E-state index is 12.4. The molecule has 0 spiro atoms. The third-order valence-corrected chi connectivity index (χ3v) is 7.00. The van der Waals surface area contributed by atoms with Crippen LogP contribution in [0.3, 0.4) is 0 Å². The van der Waals surface area contributed by atoms with E-state index < -0.39 is 10.0 Å². The predicted molar refractivity (Wildman–Crippen MR) is 79.6 cm³/mol. The van der Waals surface area contributed by atoms with Gasteiger partial charge in [0.05, 0.1) is 16.0 Å². The number of aryl methyl sites for hydroxylation is 1. The van der Waals surface area contributed by atoms with Gasteiger partial charge in [0.2, 0.25) is 0 Å². The van der Waals surface area contributed by atoms with Gasteiger partial charge in [0, 0.05) is 13.2 Å². The quantitative estimate of drug-likeness (QED) is 0.841. The van der Waals surface area contributed by atoms with Crippen molar-refractivity contribution in [1.29, 1.82) is 0 Å². The van der Waals surface area contributed by atoms with Crippen molar-refractivity contribution in [2.24, 2.45) is 0 Å². The third kappa shape index (κ3) is 3.22. The molecule has 2 heterocycles. The van der Waals surface area contributed by atoms with Crippen LogP contribution >= 0.6 is 27.3 Å². The van der Waals surface area contributed by atoms with Gasteiger partial charge >= 0.3 is 0 Å². The Morgan fingerprint density at radius 1 is 1.42 bits per heavy atom. The number of rotatable bonds is 4. The molecule has 0 atom stereocenters. The Bertz CT molecular complexity index is 649. The van der Waals surface area contributed by atoms with Crippen LogP contribution < -0.4 is 0 Å². The fourth-order valence-electron chi connectivity index (χ4n) is 1.52. The summed E-state index contributed by atoms with van der Waals surface area (Å²) in [6, 6.07) is 7.13. The molecule has 0 saturated carbocycles. The summed E-state index contributed by atoms with van der Waals surface area (Å²) in [6.07, 6.45) is 1.65. The fourth-order valence-corrected chi connectivity index (χ4v) is 5.10. The number of nitrogens with zero attached hydrogens (tertiary/aromatic N) is 2. The summed E-state index contributed by atoms with van der Waals surface area (Å²) in [6.45, 7) is 2.14. The van der Waals surface area contributed by atoms with E-state index in [0.717, 1.165) is 15.0 Å². The van der Waals surface area contributed by atoms with Gasteiger partial charge in [-0.1, -0.05) is 6.07 Å². The Balaban J connectivity index is 2.25. The van der Waals surface area contributed by atoms with E-state index in [-0.39, 0.29) is 6.54 Å². The topological polar surface area (TPSA) is 50.3 Å². The lowest BCUT2D eigenvalue weighted by molar-refractivity contribution is 0.464. The van der Waals surface area contributed by atoms with Crippen LogP contribution in [0.15, 0.2) is 38.5 Å². The molecule has 2 rings (SSSR count). The molecular weight excluding hydrogens is 348 g/mol. The van der Waals surface area contributed by atoms with Crippen LogP contribution in [0, 0.1) is 6.92 Å². The molecule has 0 amide bonds. The summed E-state index contributed by atoms with van der Waals surface area (Å²) in [4.78, 5) is 4.14. The molecule has 0 aliphatic heterocycles. The molecule has 19 heavy (non-hydrogen) atoms. The van der Waals surface area contributed by atoms with Crippen molar-refractivity contribution >= 4 is 37.3 Å². The average Bonchev–Trinajstić information content (AvgIpc) is 2.71. The largest absolute Gasteiger partial charge is 0.260 e. The Morgan fingerprint density at radius 3 is 2.68 bits per heavy atom. The maximum Gasteiger partial charge on any atom is 0.252 e. The van der Waals surface area contributed by atoms with Crippen LogP contribution in [0.4, 0.5) is 0 Å². The molecule has 7 heteroatoms. The molecule has 4 nitrogen and oxygen atoms in total. The first-order chi connectivity index (χ1) is 8.91. The Kier molecular flexibility index (Phi) is 4.39. The molecule has 2 aromatic rings. The van der Waals surface area contributed by atoms with Gasteiger partial charge in [0.1, 0.15) is 4.21 Å². The lowest BCUT2D eigenvalue weighted by Gasteiger charge is -2.15. The van der Waals surface area contributed by atoms with Crippen molar-refractivity contribution < 1.29 is 8.42 Å². The van der Waals surface area contributed by atoms with Gasteiger partial charge in [-0.25, -0.2) is 8.42 Å². The van der Waals surface area contributed by atoms with Crippen molar-refractivity contribution in [3.05, 3.63) is 45.5 Å². The molecule has 0 unspecified atom stereocenters. The van der Waals surface area contributed by atoms with Gasteiger partial charge in [0.25, 0.3) is 10.0 Å². The second-order valence-electron chi connectivity index (χ2n) is 4.10. The van der Waals surface area contributed by atoms with E-state index >= 15 is 0 Å². The Labute approximate surface area is 125 Å². The van der Waals surface area contributed by atoms with Crippen molar-refractivity contribution in [1.82, 2.24) is 9.29 Å². The van der Waals surface area contributed by atoms with E-state index in [4.69, 9.17) is 0 Å². The Hall–Kier alpha value is -0.760. The Morgan fingerprint density at radius 2 is 2.16 bits per heavy atom. The number of halogens is 1. The monoisotopic (exact) mass is 360 g/mol. The number of pyridine rings is 1. The van der Waals surface area contributed by atoms with Crippen molar-refractivity contribution in [2.45, 2.75) is 17.7 Å². The minimum Gasteiger partial charge on any atom is -0.260 e. The molecule has 0 bridgehead atoms. The van der Waals surface area contributed by atoms with E-state index in [1.165, 1.54) is 15.6 Å². The molecular formula is C12H13BrN2O2S2.